The van der Waals surface area contributed by atoms with Crippen molar-refractivity contribution in [2.45, 2.75) is 0 Å². The van der Waals surface area contributed by atoms with E-state index in [0.29, 0.717) is 0 Å². The predicted molar refractivity (Wildman–Crippen MR) is 70.6 cm³/mol. The number of rotatable bonds is 5. The summed E-state index contributed by atoms with van der Waals surface area (Å²) in [5.74, 6) is -1.28. The highest BCUT2D eigenvalue weighted by atomic mass is 79.9. The number of hydrogen-bond acceptors (Lipinski definition) is 6. The van der Waals surface area contributed by atoms with Gasteiger partial charge in [-0.1, -0.05) is 0 Å². The second kappa shape index (κ2) is 6.06. The zero-order chi connectivity index (χ0) is 14.6. The fourth-order valence-corrected chi connectivity index (χ4v) is 2.02. The molecule has 0 saturated carbocycles. The molecule has 0 saturated heterocycles. The van der Waals surface area contributed by atoms with Gasteiger partial charge in [0.1, 0.15) is 9.84 Å². The molecule has 0 aliphatic carbocycles. The molecule has 0 aromatic carbocycles. The van der Waals surface area contributed by atoms with Crippen molar-refractivity contribution in [3.8, 4) is 0 Å². The quantitative estimate of drug-likeness (QED) is 0.610. The summed E-state index contributed by atoms with van der Waals surface area (Å²) in [7, 11) is -3.18. The standard InChI is InChI=1S/C9H10BrN3O5S/c1-19(17,18)3-2-11-9(14)6-4-8(13(15)16)12-5-7(6)10/h4-5H,2-3H2,1H3,(H,11,14). The summed E-state index contributed by atoms with van der Waals surface area (Å²) < 4.78 is 22.1. The first-order valence-corrected chi connectivity index (χ1v) is 7.82. The molecular weight excluding hydrogens is 342 g/mol. The van der Waals surface area contributed by atoms with Crippen molar-refractivity contribution in [2.24, 2.45) is 0 Å². The van der Waals surface area contributed by atoms with Crippen LogP contribution in [-0.2, 0) is 9.84 Å². The molecule has 0 aliphatic heterocycles. The van der Waals surface area contributed by atoms with Gasteiger partial charge in [-0.15, -0.1) is 0 Å². The van der Waals surface area contributed by atoms with E-state index in [9.17, 15) is 23.3 Å². The molecule has 0 bridgehead atoms. The van der Waals surface area contributed by atoms with Gasteiger partial charge >= 0.3 is 5.82 Å². The summed E-state index contributed by atoms with van der Waals surface area (Å²) in [6.07, 6.45) is 2.19. The molecule has 0 spiro atoms. The maximum absolute atomic E-state index is 11.7. The van der Waals surface area contributed by atoms with Gasteiger partial charge in [-0.3, -0.25) is 4.79 Å². The van der Waals surface area contributed by atoms with Gasteiger partial charge in [-0.25, -0.2) is 8.42 Å². The third kappa shape index (κ3) is 4.91. The lowest BCUT2D eigenvalue weighted by Crippen LogP contribution is -2.29. The smallest absolute Gasteiger partial charge is 0.358 e. The average molecular weight is 352 g/mol. The number of amides is 1. The number of carbonyl (C=O) groups is 1. The number of nitrogens with one attached hydrogen (secondary N) is 1. The number of hydrogen-bond donors (Lipinski definition) is 1. The number of halogens is 1. The van der Waals surface area contributed by atoms with Crippen LogP contribution in [0.5, 0.6) is 0 Å². The molecule has 0 radical (unpaired) electrons. The Balaban J connectivity index is 2.82. The Labute approximate surface area is 117 Å². The van der Waals surface area contributed by atoms with Crippen LogP contribution < -0.4 is 5.32 Å². The Morgan fingerprint density at radius 3 is 2.74 bits per heavy atom. The number of aromatic nitrogens is 1. The predicted octanol–water partition coefficient (Wildman–Crippen LogP) is 0.527. The Hall–Kier alpha value is -1.55. The third-order valence-corrected chi connectivity index (χ3v) is 3.61. The van der Waals surface area contributed by atoms with E-state index in [1.807, 2.05) is 0 Å². The number of nitro groups is 1. The van der Waals surface area contributed by atoms with Crippen LogP contribution in [-0.4, -0.2) is 42.8 Å². The molecule has 1 heterocycles. The molecule has 1 N–H and O–H groups in total. The topological polar surface area (TPSA) is 119 Å². The van der Waals surface area contributed by atoms with Crippen molar-refractivity contribution in [3.05, 3.63) is 32.4 Å². The van der Waals surface area contributed by atoms with Gasteiger partial charge in [-0.05, 0) is 25.8 Å². The van der Waals surface area contributed by atoms with Crippen molar-refractivity contribution < 1.29 is 18.1 Å². The molecule has 0 atom stereocenters. The van der Waals surface area contributed by atoms with Gasteiger partial charge in [0, 0.05) is 18.9 Å². The van der Waals surface area contributed by atoms with E-state index in [1.165, 1.54) is 0 Å². The highest BCUT2D eigenvalue weighted by Gasteiger charge is 2.17. The summed E-state index contributed by atoms with van der Waals surface area (Å²) in [5.41, 5.74) is 0.0233. The maximum atomic E-state index is 11.7. The van der Waals surface area contributed by atoms with Crippen LogP contribution in [0.25, 0.3) is 0 Å². The molecule has 104 valence electrons. The summed E-state index contributed by atoms with van der Waals surface area (Å²) in [6.45, 7) is -0.0692. The van der Waals surface area contributed by atoms with Crippen molar-refractivity contribution in [1.82, 2.24) is 10.3 Å². The van der Waals surface area contributed by atoms with E-state index < -0.39 is 26.5 Å². The number of carbonyl (C=O) groups excluding carboxylic acids is 1. The van der Waals surface area contributed by atoms with Gasteiger partial charge in [0.25, 0.3) is 5.91 Å². The zero-order valence-electron chi connectivity index (χ0n) is 9.79. The molecule has 10 heteroatoms. The minimum Gasteiger partial charge on any atom is -0.358 e. The SMILES string of the molecule is CS(=O)(=O)CCNC(=O)c1cc([N+](=O)[O-])ncc1Br. The molecule has 0 fully saturated rings. The van der Waals surface area contributed by atoms with Crippen molar-refractivity contribution in [3.63, 3.8) is 0 Å². The molecule has 19 heavy (non-hydrogen) atoms. The van der Waals surface area contributed by atoms with Crippen LogP contribution in [0.3, 0.4) is 0 Å². The minimum absolute atomic E-state index is 0.0233. The number of nitrogens with zero attached hydrogens (tertiary/aromatic N) is 2. The lowest BCUT2D eigenvalue weighted by atomic mass is 10.2. The molecule has 0 unspecified atom stereocenters. The molecular formula is C9H10BrN3O5S. The fourth-order valence-electron chi connectivity index (χ4n) is 1.15. The monoisotopic (exact) mass is 351 g/mol. The van der Waals surface area contributed by atoms with Crippen LogP contribution in [0.1, 0.15) is 10.4 Å². The molecule has 1 rings (SSSR count). The zero-order valence-corrected chi connectivity index (χ0v) is 12.2. The second-order valence-corrected chi connectivity index (χ2v) is 6.78. The van der Waals surface area contributed by atoms with Crippen LogP contribution >= 0.6 is 15.9 Å². The Morgan fingerprint density at radius 1 is 1.58 bits per heavy atom. The van der Waals surface area contributed by atoms with Crippen LogP contribution in [0.4, 0.5) is 5.82 Å². The maximum Gasteiger partial charge on any atom is 0.364 e. The Kier molecular flexibility index (Phi) is 4.95. The summed E-state index contributed by atoms with van der Waals surface area (Å²) in [6, 6.07) is 1.01. The highest BCUT2D eigenvalue weighted by molar-refractivity contribution is 9.10. The van der Waals surface area contributed by atoms with Crippen LogP contribution in [0, 0.1) is 10.1 Å². The van der Waals surface area contributed by atoms with Gasteiger partial charge in [0.05, 0.1) is 15.8 Å². The highest BCUT2D eigenvalue weighted by Crippen LogP contribution is 2.19. The molecule has 1 aromatic rings. The van der Waals surface area contributed by atoms with E-state index in [2.05, 4.69) is 26.2 Å². The van der Waals surface area contributed by atoms with Crippen LogP contribution in [0.2, 0.25) is 0 Å². The Morgan fingerprint density at radius 2 is 2.21 bits per heavy atom. The summed E-state index contributed by atoms with van der Waals surface area (Å²) >= 11 is 3.05. The molecule has 8 nitrogen and oxygen atoms in total. The van der Waals surface area contributed by atoms with Gasteiger partial charge in [0.15, 0.2) is 6.20 Å². The summed E-state index contributed by atoms with van der Waals surface area (Å²) in [4.78, 5) is 25.1. The van der Waals surface area contributed by atoms with E-state index >= 15 is 0 Å². The Bertz CT molecular complexity index is 616. The number of sulfone groups is 1. The first-order chi connectivity index (χ1) is 8.70. The third-order valence-electron chi connectivity index (χ3n) is 2.03. The normalized spacial score (nSPS) is 11.1. The molecule has 1 aromatic heterocycles. The lowest BCUT2D eigenvalue weighted by Gasteiger charge is -2.05. The molecule has 0 aliphatic rings. The fraction of sp³-hybridized carbons (Fsp3) is 0.333. The number of pyridine rings is 1. The first kappa shape index (κ1) is 15.5. The molecule has 1 amide bonds. The van der Waals surface area contributed by atoms with E-state index in [0.717, 1.165) is 18.5 Å². The minimum atomic E-state index is -3.18. The van der Waals surface area contributed by atoms with Crippen LogP contribution in [0.15, 0.2) is 16.7 Å². The van der Waals surface area contributed by atoms with E-state index in [1.54, 1.807) is 0 Å². The largest absolute Gasteiger partial charge is 0.364 e. The van der Waals surface area contributed by atoms with Gasteiger partial charge in [-0.2, -0.15) is 0 Å². The average Bonchev–Trinajstić information content (AvgIpc) is 2.27. The second-order valence-electron chi connectivity index (χ2n) is 3.67. The van der Waals surface area contributed by atoms with E-state index in [4.69, 9.17) is 0 Å². The van der Waals surface area contributed by atoms with Gasteiger partial charge in [0.2, 0.25) is 0 Å². The first-order valence-electron chi connectivity index (χ1n) is 4.96. The van der Waals surface area contributed by atoms with Gasteiger partial charge < -0.3 is 15.4 Å². The lowest BCUT2D eigenvalue weighted by molar-refractivity contribution is -0.389. The van der Waals surface area contributed by atoms with Crippen molar-refractivity contribution in [2.75, 3.05) is 18.6 Å². The van der Waals surface area contributed by atoms with Crippen molar-refractivity contribution in [1.29, 1.82) is 0 Å². The van der Waals surface area contributed by atoms with Crippen molar-refractivity contribution >= 4 is 37.5 Å². The summed E-state index contributed by atoms with van der Waals surface area (Å²) in [5, 5.41) is 12.9. The van der Waals surface area contributed by atoms with E-state index in [-0.39, 0.29) is 22.3 Å².